The minimum absolute atomic E-state index is 0.203. The number of amides is 2. The zero-order valence-corrected chi connectivity index (χ0v) is 19.0. The predicted molar refractivity (Wildman–Crippen MR) is 128 cm³/mol. The highest BCUT2D eigenvalue weighted by Crippen LogP contribution is 2.18. The molecule has 0 aliphatic carbocycles. The maximum Gasteiger partial charge on any atom is 0.338 e. The first kappa shape index (κ1) is 23.7. The lowest BCUT2D eigenvalue weighted by atomic mass is 10.0. The van der Waals surface area contributed by atoms with Crippen molar-refractivity contribution in [2.45, 2.75) is 32.7 Å². The van der Waals surface area contributed by atoms with Crippen LogP contribution in [0.2, 0.25) is 0 Å². The van der Waals surface area contributed by atoms with Crippen molar-refractivity contribution in [2.75, 3.05) is 11.9 Å². The number of carbonyl (C=O) groups excluding carboxylic acids is 3. The van der Waals surface area contributed by atoms with Gasteiger partial charge in [0.15, 0.2) is 6.61 Å². The lowest BCUT2D eigenvalue weighted by Gasteiger charge is -2.16. The molecule has 1 atom stereocenters. The highest BCUT2D eigenvalue weighted by Gasteiger charge is 2.17. The van der Waals surface area contributed by atoms with Crippen molar-refractivity contribution >= 4 is 23.5 Å². The third-order valence-electron chi connectivity index (χ3n) is 5.24. The molecule has 2 amide bonds. The van der Waals surface area contributed by atoms with Crippen molar-refractivity contribution in [3.05, 3.63) is 101 Å². The Labute approximate surface area is 194 Å². The molecule has 2 N–H and O–H groups in total. The van der Waals surface area contributed by atoms with Crippen molar-refractivity contribution in [1.29, 1.82) is 0 Å². The number of hydrogen-bond acceptors (Lipinski definition) is 4. The lowest BCUT2D eigenvalue weighted by Crippen LogP contribution is -2.28. The van der Waals surface area contributed by atoms with E-state index in [1.807, 2.05) is 49.4 Å². The standard InChI is InChI=1S/C27H28N2O4/c1-18(2)20-13-15-22(16-14-20)27(32)33-17-25(30)29-24-12-8-7-11-23(24)26(31)28-19(3)21-9-5-4-6-10-21/h4-16,18-19H,17H2,1-3H3,(H,28,31)(H,29,30)/t19-/m0/s1. The van der Waals surface area contributed by atoms with E-state index in [2.05, 4.69) is 24.5 Å². The summed E-state index contributed by atoms with van der Waals surface area (Å²) in [5.74, 6) is -1.07. The minimum atomic E-state index is -0.580. The van der Waals surface area contributed by atoms with Gasteiger partial charge in [-0.2, -0.15) is 0 Å². The number of nitrogens with one attached hydrogen (secondary N) is 2. The van der Waals surface area contributed by atoms with Gasteiger partial charge in [-0.15, -0.1) is 0 Å². The van der Waals surface area contributed by atoms with E-state index in [0.717, 1.165) is 11.1 Å². The Morgan fingerprint density at radius 1 is 0.788 bits per heavy atom. The van der Waals surface area contributed by atoms with Crippen LogP contribution in [0.3, 0.4) is 0 Å². The molecule has 170 valence electrons. The molecule has 0 bridgehead atoms. The molecule has 6 nitrogen and oxygen atoms in total. The van der Waals surface area contributed by atoms with E-state index >= 15 is 0 Å². The normalized spacial score (nSPS) is 11.5. The van der Waals surface area contributed by atoms with Gasteiger partial charge in [-0.25, -0.2) is 4.79 Å². The van der Waals surface area contributed by atoms with Crippen LogP contribution >= 0.6 is 0 Å². The second-order valence-corrected chi connectivity index (χ2v) is 8.05. The molecular weight excluding hydrogens is 416 g/mol. The monoisotopic (exact) mass is 444 g/mol. The van der Waals surface area contributed by atoms with Crippen LogP contribution in [0, 0.1) is 0 Å². The van der Waals surface area contributed by atoms with Gasteiger partial charge in [0.05, 0.1) is 22.9 Å². The van der Waals surface area contributed by atoms with E-state index in [1.165, 1.54) is 0 Å². The quantitative estimate of drug-likeness (QED) is 0.474. The first-order chi connectivity index (χ1) is 15.8. The van der Waals surface area contributed by atoms with Gasteiger partial charge in [-0.3, -0.25) is 9.59 Å². The number of ether oxygens (including phenoxy) is 1. The average molecular weight is 445 g/mol. The molecule has 0 aromatic heterocycles. The summed E-state index contributed by atoms with van der Waals surface area (Å²) in [4.78, 5) is 37.4. The number of carbonyl (C=O) groups is 3. The van der Waals surface area contributed by atoms with E-state index in [4.69, 9.17) is 4.74 Å². The Bertz CT molecular complexity index is 1110. The Morgan fingerprint density at radius 3 is 2.09 bits per heavy atom. The van der Waals surface area contributed by atoms with Crippen LogP contribution in [0.25, 0.3) is 0 Å². The molecule has 0 saturated heterocycles. The zero-order chi connectivity index (χ0) is 23.8. The lowest BCUT2D eigenvalue weighted by molar-refractivity contribution is -0.119. The number of benzene rings is 3. The summed E-state index contributed by atoms with van der Waals surface area (Å²) in [6.45, 7) is 5.57. The summed E-state index contributed by atoms with van der Waals surface area (Å²) in [5.41, 5.74) is 3.13. The molecule has 0 heterocycles. The molecule has 3 aromatic rings. The van der Waals surface area contributed by atoms with Crippen LogP contribution in [0.1, 0.15) is 64.6 Å². The van der Waals surface area contributed by atoms with Crippen LogP contribution < -0.4 is 10.6 Å². The fraction of sp³-hybridized carbons (Fsp3) is 0.222. The molecule has 3 rings (SSSR count). The zero-order valence-electron chi connectivity index (χ0n) is 19.0. The van der Waals surface area contributed by atoms with Crippen molar-refractivity contribution in [2.24, 2.45) is 0 Å². The Hall–Kier alpha value is -3.93. The molecular formula is C27H28N2O4. The maximum atomic E-state index is 12.8. The third kappa shape index (κ3) is 6.53. The van der Waals surface area contributed by atoms with Gasteiger partial charge < -0.3 is 15.4 Å². The van der Waals surface area contributed by atoms with Crippen molar-refractivity contribution in [1.82, 2.24) is 5.32 Å². The molecule has 3 aromatic carbocycles. The average Bonchev–Trinajstić information content (AvgIpc) is 2.83. The van der Waals surface area contributed by atoms with E-state index < -0.39 is 18.5 Å². The molecule has 0 aliphatic rings. The topological polar surface area (TPSA) is 84.5 Å². The highest BCUT2D eigenvalue weighted by atomic mass is 16.5. The number of anilines is 1. The summed E-state index contributed by atoms with van der Waals surface area (Å²) in [7, 11) is 0. The van der Waals surface area contributed by atoms with E-state index in [1.54, 1.807) is 36.4 Å². The van der Waals surface area contributed by atoms with Gasteiger partial charge in [0.2, 0.25) is 0 Å². The van der Waals surface area contributed by atoms with Gasteiger partial charge in [0.25, 0.3) is 11.8 Å². The van der Waals surface area contributed by atoms with Crippen LogP contribution in [0.5, 0.6) is 0 Å². The van der Waals surface area contributed by atoms with Gasteiger partial charge >= 0.3 is 5.97 Å². The Kier molecular flexibility index (Phi) is 7.97. The van der Waals surface area contributed by atoms with Gasteiger partial charge in [-0.05, 0) is 48.2 Å². The molecule has 0 spiro atoms. The number of para-hydroxylation sites is 1. The Morgan fingerprint density at radius 2 is 1.42 bits per heavy atom. The molecule has 6 heteroatoms. The number of esters is 1. The van der Waals surface area contributed by atoms with Gasteiger partial charge in [0, 0.05) is 0 Å². The Balaban J connectivity index is 1.59. The van der Waals surface area contributed by atoms with Crippen LogP contribution in [-0.2, 0) is 9.53 Å². The summed E-state index contributed by atoms with van der Waals surface area (Å²) in [6.07, 6.45) is 0. The van der Waals surface area contributed by atoms with Crippen molar-refractivity contribution in [3.8, 4) is 0 Å². The molecule has 0 saturated carbocycles. The predicted octanol–water partition coefficient (Wildman–Crippen LogP) is 5.10. The second-order valence-electron chi connectivity index (χ2n) is 8.05. The molecule has 0 aliphatic heterocycles. The minimum Gasteiger partial charge on any atom is -0.452 e. The first-order valence-corrected chi connectivity index (χ1v) is 10.9. The van der Waals surface area contributed by atoms with Crippen LogP contribution in [0.4, 0.5) is 5.69 Å². The molecule has 0 fully saturated rings. The number of rotatable bonds is 8. The summed E-state index contributed by atoms with van der Waals surface area (Å²) in [6, 6.07) is 23.2. The van der Waals surface area contributed by atoms with Crippen molar-refractivity contribution < 1.29 is 19.1 Å². The second kappa shape index (κ2) is 11.1. The van der Waals surface area contributed by atoms with Gasteiger partial charge in [-0.1, -0.05) is 68.4 Å². The summed E-state index contributed by atoms with van der Waals surface area (Å²) < 4.78 is 5.13. The number of hydrogen-bond donors (Lipinski definition) is 2. The highest BCUT2D eigenvalue weighted by molar-refractivity contribution is 6.04. The van der Waals surface area contributed by atoms with E-state index in [9.17, 15) is 14.4 Å². The summed E-state index contributed by atoms with van der Waals surface area (Å²) >= 11 is 0. The fourth-order valence-electron chi connectivity index (χ4n) is 3.29. The van der Waals surface area contributed by atoms with Crippen LogP contribution in [0.15, 0.2) is 78.9 Å². The smallest absolute Gasteiger partial charge is 0.338 e. The third-order valence-corrected chi connectivity index (χ3v) is 5.24. The maximum absolute atomic E-state index is 12.8. The first-order valence-electron chi connectivity index (χ1n) is 10.9. The SMILES string of the molecule is CC(C)c1ccc(C(=O)OCC(=O)Nc2ccccc2C(=O)N[C@@H](C)c2ccccc2)cc1. The molecule has 0 unspecified atom stereocenters. The molecule has 33 heavy (non-hydrogen) atoms. The molecule has 0 radical (unpaired) electrons. The fourth-order valence-corrected chi connectivity index (χ4v) is 3.29. The largest absolute Gasteiger partial charge is 0.452 e. The van der Waals surface area contributed by atoms with Crippen molar-refractivity contribution in [3.63, 3.8) is 0 Å². The van der Waals surface area contributed by atoms with Gasteiger partial charge in [0.1, 0.15) is 0 Å². The van der Waals surface area contributed by atoms with Crippen LogP contribution in [-0.4, -0.2) is 24.4 Å². The van der Waals surface area contributed by atoms with E-state index in [0.29, 0.717) is 22.7 Å². The summed E-state index contributed by atoms with van der Waals surface area (Å²) in [5, 5.41) is 5.59. The van der Waals surface area contributed by atoms with E-state index in [-0.39, 0.29) is 11.9 Å².